The van der Waals surface area contributed by atoms with Gasteiger partial charge in [0.1, 0.15) is 0 Å². The van der Waals surface area contributed by atoms with E-state index in [0.29, 0.717) is 0 Å². The first-order chi connectivity index (χ1) is 1.00. The Bertz CT molecular complexity index is 8.00. The van der Waals surface area contributed by atoms with Gasteiger partial charge in [-0.25, -0.2) is 0 Å². The normalized spacial score (nSPS) is 2.00. The summed E-state index contributed by atoms with van der Waals surface area (Å²) < 4.78 is 0. The molecule has 19 valence electrons. The van der Waals surface area contributed by atoms with Crippen molar-refractivity contribution < 1.29 is 32.7 Å². The van der Waals surface area contributed by atoms with Gasteiger partial charge in [-0.15, -0.1) is 0 Å². The molecule has 0 unspecified atom stereocenters. The predicted octanol–water partition coefficient (Wildman–Crippen LogP) is -2.75. The molecule has 0 atom stereocenters. The summed E-state index contributed by atoms with van der Waals surface area (Å²) in [5.41, 5.74) is 0. The van der Waals surface area contributed by atoms with Crippen molar-refractivity contribution >= 4 is 34.9 Å². The second-order valence-corrected chi connectivity index (χ2v) is 0. The molecule has 0 aromatic rings. The maximum atomic E-state index is 4.64. The van der Waals surface area contributed by atoms with Crippen molar-refractivity contribution in [1.29, 1.82) is 0 Å². The fraction of sp³-hybridized carbons (Fsp3) is 0. The molecule has 4 heavy (non-hydrogen) atoms. The molecule has 0 amide bonds. The SMILES string of the molecule is [AlH3].[B][SiH3].[Y]. The summed E-state index contributed by atoms with van der Waals surface area (Å²) in [5.74, 6) is 0. The molecule has 0 aromatic heterocycles. The largest absolute Gasteiger partial charge is 0.187 e. The second kappa shape index (κ2) is 20.5. The summed E-state index contributed by atoms with van der Waals surface area (Å²) in [6, 6.07) is 0. The van der Waals surface area contributed by atoms with Gasteiger partial charge in [-0.2, -0.15) is 0 Å². The molecule has 0 nitrogen and oxygen atoms in total. The van der Waals surface area contributed by atoms with E-state index in [-0.39, 0.29) is 50.1 Å². The van der Waals surface area contributed by atoms with E-state index in [2.05, 4.69) is 7.44 Å². The zero-order valence-electron chi connectivity index (χ0n) is 2.15. The summed E-state index contributed by atoms with van der Waals surface area (Å²) in [6.45, 7) is 0. The van der Waals surface area contributed by atoms with Crippen LogP contribution in [0.5, 0.6) is 0 Å². The molecule has 0 aliphatic carbocycles. The molecule has 0 fully saturated rings. The van der Waals surface area contributed by atoms with Gasteiger partial charge >= 0.3 is 0 Å². The summed E-state index contributed by atoms with van der Waals surface area (Å²) in [4.78, 5) is 0. The van der Waals surface area contributed by atoms with Crippen molar-refractivity contribution in [1.82, 2.24) is 0 Å². The van der Waals surface area contributed by atoms with E-state index in [4.69, 9.17) is 0 Å². The van der Waals surface area contributed by atoms with Crippen LogP contribution < -0.4 is 0 Å². The third kappa shape index (κ3) is 9.07. The smallest absolute Gasteiger partial charge is 0.0388 e. The third-order valence-electron chi connectivity index (χ3n) is 0. The van der Waals surface area contributed by atoms with Crippen molar-refractivity contribution in [3.63, 3.8) is 0 Å². The topological polar surface area (TPSA) is 0 Å². The number of hydrogen-bond donors (Lipinski definition) is 0. The van der Waals surface area contributed by atoms with Crippen molar-refractivity contribution in [3.8, 4) is 0 Å². The number of hydrogen-bond acceptors (Lipinski definition) is 0. The van der Waals surface area contributed by atoms with Crippen LogP contribution in [-0.2, 0) is 32.7 Å². The van der Waals surface area contributed by atoms with Crippen LogP contribution in [0.1, 0.15) is 0 Å². The summed E-state index contributed by atoms with van der Waals surface area (Å²) >= 11 is 0. The van der Waals surface area contributed by atoms with E-state index >= 15 is 0 Å². The molecule has 0 rings (SSSR count). The zero-order chi connectivity index (χ0) is 2.00. The molecule has 0 aromatic carbocycles. The first kappa shape index (κ1) is 16.8. The Kier molecular flexibility index (Phi) is 86.2. The summed E-state index contributed by atoms with van der Waals surface area (Å²) in [5, 5.41) is 0. The molecule has 3 radical (unpaired) electrons. The van der Waals surface area contributed by atoms with Crippen LogP contribution >= 0.6 is 0 Å². The summed E-state index contributed by atoms with van der Waals surface area (Å²) in [7, 11) is 5.44. The van der Waals surface area contributed by atoms with Gasteiger partial charge in [0.2, 0.25) is 0 Å². The van der Waals surface area contributed by atoms with Crippen molar-refractivity contribution in [2.24, 2.45) is 0 Å². The second-order valence-electron chi connectivity index (χ2n) is 0. The fourth-order valence-corrected chi connectivity index (χ4v) is 0. The Morgan fingerprint density at radius 3 is 1.25 bits per heavy atom. The van der Waals surface area contributed by atoms with Crippen LogP contribution in [0.4, 0.5) is 0 Å². The van der Waals surface area contributed by atoms with E-state index in [1.54, 1.807) is 0 Å². The molecule has 0 heterocycles. The minimum atomic E-state index is 0. The molecule has 0 bridgehead atoms. The molecule has 0 N–H and O–H groups in total. The third-order valence-corrected chi connectivity index (χ3v) is 0. The predicted molar refractivity (Wildman–Crippen MR) is 25.6 cm³/mol. The van der Waals surface area contributed by atoms with Gasteiger partial charge in [0.25, 0.3) is 0 Å². The van der Waals surface area contributed by atoms with Gasteiger partial charge in [-0.05, 0) is 10.1 Å². The molecule has 0 spiro atoms. The molecule has 0 saturated heterocycles. The molecular formula is H6AlBSiY. The van der Waals surface area contributed by atoms with Crippen molar-refractivity contribution in [2.75, 3.05) is 0 Å². The van der Waals surface area contributed by atoms with E-state index in [1.807, 2.05) is 0 Å². The fourth-order valence-electron chi connectivity index (χ4n) is 0. The minimum absolute atomic E-state index is 0. The van der Waals surface area contributed by atoms with E-state index in [9.17, 15) is 0 Å². The maximum Gasteiger partial charge on any atom is 0.187 e. The van der Waals surface area contributed by atoms with Crippen LogP contribution in [0.25, 0.3) is 0 Å². The molecule has 4 heteroatoms. The van der Waals surface area contributed by atoms with Crippen LogP contribution in [-0.4, -0.2) is 34.9 Å². The Balaban J connectivity index is -0.00000000500. The monoisotopic (exact) mass is 161 g/mol. The number of rotatable bonds is 0. The van der Waals surface area contributed by atoms with Crippen LogP contribution in [0.15, 0.2) is 0 Å². The maximum absolute atomic E-state index is 4.64. The van der Waals surface area contributed by atoms with Crippen LogP contribution in [0.2, 0.25) is 0 Å². The Morgan fingerprint density at radius 2 is 1.25 bits per heavy atom. The van der Waals surface area contributed by atoms with Gasteiger partial charge in [0.05, 0.1) is 0 Å². The van der Waals surface area contributed by atoms with Crippen molar-refractivity contribution in [3.05, 3.63) is 0 Å². The molecular weight excluding hydrogens is 155 g/mol. The first-order valence-electron chi connectivity index (χ1n) is 0.577. The van der Waals surface area contributed by atoms with Gasteiger partial charge in [-0.3, -0.25) is 0 Å². The van der Waals surface area contributed by atoms with Crippen LogP contribution in [0, 0.1) is 0 Å². The zero-order valence-corrected chi connectivity index (χ0v) is 6.99. The van der Waals surface area contributed by atoms with E-state index in [0.717, 1.165) is 10.1 Å². The Hall–Kier alpha value is 1.92. The van der Waals surface area contributed by atoms with E-state index < -0.39 is 0 Å². The quantitative estimate of drug-likeness (QED) is 0.338. The standard InChI is InChI=1S/Al.BH3Si.Y.3H/c;1-2;;;;/h;2H3;;;;. The Labute approximate surface area is 66.9 Å². The van der Waals surface area contributed by atoms with Gasteiger partial charge in [-0.1, -0.05) is 0 Å². The average molecular weight is 161 g/mol. The van der Waals surface area contributed by atoms with E-state index in [1.165, 1.54) is 0 Å². The average Bonchev–Trinajstić information content (AvgIpc) is 1.00. The van der Waals surface area contributed by atoms with Gasteiger partial charge < -0.3 is 0 Å². The van der Waals surface area contributed by atoms with Crippen LogP contribution in [0.3, 0.4) is 0 Å². The van der Waals surface area contributed by atoms with Gasteiger partial charge in [0.15, 0.2) is 17.4 Å². The molecule has 0 aliphatic rings. The Morgan fingerprint density at radius 1 is 1.25 bits per heavy atom. The van der Waals surface area contributed by atoms with Crippen molar-refractivity contribution in [2.45, 2.75) is 0 Å². The summed E-state index contributed by atoms with van der Waals surface area (Å²) in [6.07, 6.45) is 0. The molecule has 0 aliphatic heterocycles. The first-order valence-corrected chi connectivity index (χ1v) is 1.73. The molecule has 0 saturated carbocycles. The minimum Gasteiger partial charge on any atom is -0.0388 e. The van der Waals surface area contributed by atoms with Gasteiger partial charge in [0, 0.05) is 40.1 Å².